The topological polar surface area (TPSA) is 44.8 Å². The SMILES string of the molecule is CCOc1ccccc1C#CC(=O)Cc1ccc2c(c1)OCO2. The van der Waals surface area contributed by atoms with Crippen LogP contribution in [-0.4, -0.2) is 19.2 Å². The van der Waals surface area contributed by atoms with Crippen LogP contribution in [-0.2, 0) is 11.2 Å². The highest BCUT2D eigenvalue weighted by Crippen LogP contribution is 2.32. The standard InChI is InChI=1S/C19H16O4/c1-2-21-17-6-4-3-5-15(17)8-9-16(20)11-14-7-10-18-19(12-14)23-13-22-18/h3-7,10,12H,2,11,13H2,1H3. The molecule has 2 aromatic carbocycles. The van der Waals surface area contributed by atoms with Gasteiger partial charge in [0, 0.05) is 6.42 Å². The zero-order chi connectivity index (χ0) is 16.1. The number of ketones is 1. The minimum absolute atomic E-state index is 0.157. The summed E-state index contributed by atoms with van der Waals surface area (Å²) in [5.41, 5.74) is 1.57. The monoisotopic (exact) mass is 308 g/mol. The molecular weight excluding hydrogens is 292 g/mol. The van der Waals surface area contributed by atoms with E-state index in [0.717, 1.165) is 5.56 Å². The number of carbonyl (C=O) groups excluding carboxylic acids is 1. The minimum atomic E-state index is -0.157. The van der Waals surface area contributed by atoms with Crippen molar-refractivity contribution in [2.24, 2.45) is 0 Å². The van der Waals surface area contributed by atoms with Crippen molar-refractivity contribution >= 4 is 5.78 Å². The van der Waals surface area contributed by atoms with Gasteiger partial charge in [-0.1, -0.05) is 24.1 Å². The summed E-state index contributed by atoms with van der Waals surface area (Å²) in [7, 11) is 0. The van der Waals surface area contributed by atoms with Crippen molar-refractivity contribution in [3.05, 3.63) is 53.6 Å². The Balaban J connectivity index is 1.71. The molecule has 4 nitrogen and oxygen atoms in total. The molecule has 2 aromatic rings. The van der Waals surface area contributed by atoms with Gasteiger partial charge in [-0.15, -0.1) is 0 Å². The predicted molar refractivity (Wildman–Crippen MR) is 85.8 cm³/mol. The molecule has 0 aliphatic carbocycles. The van der Waals surface area contributed by atoms with E-state index in [9.17, 15) is 4.79 Å². The second-order valence-corrected chi connectivity index (χ2v) is 4.97. The summed E-state index contributed by atoms with van der Waals surface area (Å²) in [6, 6.07) is 12.9. The van der Waals surface area contributed by atoms with Crippen LogP contribution in [0.5, 0.6) is 17.2 Å². The van der Waals surface area contributed by atoms with Crippen LogP contribution in [0, 0.1) is 11.8 Å². The summed E-state index contributed by atoms with van der Waals surface area (Å²) in [5, 5.41) is 0. The quantitative estimate of drug-likeness (QED) is 0.815. The summed E-state index contributed by atoms with van der Waals surface area (Å²) in [4.78, 5) is 12.1. The van der Waals surface area contributed by atoms with Gasteiger partial charge >= 0.3 is 0 Å². The molecule has 0 aromatic heterocycles. The Morgan fingerprint density at radius 3 is 2.87 bits per heavy atom. The Bertz CT molecular complexity index is 783. The summed E-state index contributed by atoms with van der Waals surface area (Å²) in [6.07, 6.45) is 0.237. The van der Waals surface area contributed by atoms with E-state index in [4.69, 9.17) is 14.2 Å². The van der Waals surface area contributed by atoms with Crippen LogP contribution >= 0.6 is 0 Å². The Kier molecular flexibility index (Phi) is 4.49. The summed E-state index contributed by atoms with van der Waals surface area (Å²) in [5.74, 6) is 7.48. The van der Waals surface area contributed by atoms with E-state index >= 15 is 0 Å². The maximum Gasteiger partial charge on any atom is 0.231 e. The van der Waals surface area contributed by atoms with E-state index in [1.54, 1.807) is 0 Å². The third kappa shape index (κ3) is 3.64. The van der Waals surface area contributed by atoms with Crippen molar-refractivity contribution < 1.29 is 19.0 Å². The van der Waals surface area contributed by atoms with Crippen LogP contribution in [0.4, 0.5) is 0 Å². The molecule has 1 aliphatic heterocycles. The molecule has 0 radical (unpaired) electrons. The lowest BCUT2D eigenvalue weighted by atomic mass is 10.1. The lowest BCUT2D eigenvalue weighted by Gasteiger charge is -2.04. The number of Topliss-reactive ketones (excluding diaryl/α,β-unsaturated/α-hetero) is 1. The van der Waals surface area contributed by atoms with Gasteiger partial charge in [-0.05, 0) is 42.7 Å². The number of hydrogen-bond acceptors (Lipinski definition) is 4. The molecule has 0 saturated carbocycles. The van der Waals surface area contributed by atoms with Crippen LogP contribution in [0.1, 0.15) is 18.1 Å². The number of hydrogen-bond donors (Lipinski definition) is 0. The normalized spacial score (nSPS) is 11.5. The van der Waals surface area contributed by atoms with E-state index in [0.29, 0.717) is 29.4 Å². The van der Waals surface area contributed by atoms with Gasteiger partial charge in [-0.25, -0.2) is 0 Å². The van der Waals surface area contributed by atoms with E-state index < -0.39 is 0 Å². The number of para-hydroxylation sites is 1. The molecule has 0 bridgehead atoms. The molecule has 23 heavy (non-hydrogen) atoms. The van der Waals surface area contributed by atoms with Gasteiger partial charge in [0.2, 0.25) is 12.6 Å². The fourth-order valence-corrected chi connectivity index (χ4v) is 2.27. The van der Waals surface area contributed by atoms with Gasteiger partial charge in [0.05, 0.1) is 12.2 Å². The van der Waals surface area contributed by atoms with E-state index in [1.807, 2.05) is 49.4 Å². The maximum atomic E-state index is 12.1. The molecule has 3 rings (SSSR count). The minimum Gasteiger partial charge on any atom is -0.493 e. The average molecular weight is 308 g/mol. The highest BCUT2D eigenvalue weighted by Gasteiger charge is 2.13. The van der Waals surface area contributed by atoms with Crippen LogP contribution in [0.25, 0.3) is 0 Å². The van der Waals surface area contributed by atoms with Crippen molar-refractivity contribution in [3.63, 3.8) is 0 Å². The van der Waals surface area contributed by atoms with Gasteiger partial charge < -0.3 is 14.2 Å². The number of benzene rings is 2. The highest BCUT2D eigenvalue weighted by atomic mass is 16.7. The van der Waals surface area contributed by atoms with Crippen molar-refractivity contribution in [2.45, 2.75) is 13.3 Å². The molecule has 0 amide bonds. The number of ether oxygens (including phenoxy) is 3. The van der Waals surface area contributed by atoms with Gasteiger partial charge in [0.25, 0.3) is 0 Å². The third-order valence-electron chi connectivity index (χ3n) is 3.33. The smallest absolute Gasteiger partial charge is 0.231 e. The first-order valence-corrected chi connectivity index (χ1v) is 7.41. The van der Waals surface area contributed by atoms with E-state index in [2.05, 4.69) is 11.8 Å². The Morgan fingerprint density at radius 1 is 1.17 bits per heavy atom. The summed E-state index contributed by atoms with van der Waals surface area (Å²) < 4.78 is 16.1. The van der Waals surface area contributed by atoms with Gasteiger partial charge in [-0.3, -0.25) is 4.79 Å². The van der Waals surface area contributed by atoms with Crippen LogP contribution in [0.2, 0.25) is 0 Å². The van der Waals surface area contributed by atoms with Crippen LogP contribution in [0.15, 0.2) is 42.5 Å². The molecule has 4 heteroatoms. The van der Waals surface area contributed by atoms with Gasteiger partial charge in [0.1, 0.15) is 5.75 Å². The lowest BCUT2D eigenvalue weighted by Crippen LogP contribution is -1.99. The molecule has 0 saturated heterocycles. The Labute approximate surface area is 135 Å². The number of fused-ring (bicyclic) bond motifs is 1. The molecule has 0 unspecified atom stereocenters. The Hall–Kier alpha value is -2.93. The highest BCUT2D eigenvalue weighted by molar-refractivity contribution is 5.97. The first-order chi connectivity index (χ1) is 11.3. The van der Waals surface area contributed by atoms with Gasteiger partial charge in [-0.2, -0.15) is 0 Å². The van der Waals surface area contributed by atoms with Gasteiger partial charge in [0.15, 0.2) is 11.5 Å². The maximum absolute atomic E-state index is 12.1. The van der Waals surface area contributed by atoms with Crippen molar-refractivity contribution in [3.8, 4) is 29.1 Å². The Morgan fingerprint density at radius 2 is 2.00 bits per heavy atom. The summed E-state index contributed by atoms with van der Waals surface area (Å²) >= 11 is 0. The largest absolute Gasteiger partial charge is 0.493 e. The fourth-order valence-electron chi connectivity index (χ4n) is 2.27. The molecule has 1 aliphatic rings. The van der Waals surface area contributed by atoms with E-state index in [-0.39, 0.29) is 19.0 Å². The van der Waals surface area contributed by atoms with E-state index in [1.165, 1.54) is 0 Å². The third-order valence-corrected chi connectivity index (χ3v) is 3.33. The van der Waals surface area contributed by atoms with Crippen molar-refractivity contribution in [1.82, 2.24) is 0 Å². The van der Waals surface area contributed by atoms with Crippen molar-refractivity contribution in [2.75, 3.05) is 13.4 Å². The number of carbonyl (C=O) groups is 1. The first-order valence-electron chi connectivity index (χ1n) is 7.41. The molecule has 1 heterocycles. The zero-order valence-electron chi connectivity index (χ0n) is 12.8. The van der Waals surface area contributed by atoms with Crippen LogP contribution in [0.3, 0.4) is 0 Å². The second kappa shape index (κ2) is 6.89. The molecule has 0 atom stereocenters. The van der Waals surface area contributed by atoms with Crippen molar-refractivity contribution in [1.29, 1.82) is 0 Å². The molecule has 0 N–H and O–H groups in total. The predicted octanol–water partition coefficient (Wildman–Crippen LogP) is 2.98. The molecule has 0 spiro atoms. The lowest BCUT2D eigenvalue weighted by molar-refractivity contribution is -0.113. The summed E-state index contributed by atoms with van der Waals surface area (Å²) in [6.45, 7) is 2.69. The zero-order valence-corrected chi connectivity index (χ0v) is 12.8. The van der Waals surface area contributed by atoms with Crippen LogP contribution < -0.4 is 14.2 Å². The first kappa shape index (κ1) is 15.0. The molecular formula is C19H16O4. The number of rotatable bonds is 4. The molecule has 116 valence electrons. The average Bonchev–Trinajstić information content (AvgIpc) is 3.02. The molecule has 0 fully saturated rings. The second-order valence-electron chi connectivity index (χ2n) is 4.97. The fraction of sp³-hybridized carbons (Fsp3) is 0.211.